The first-order valence-corrected chi connectivity index (χ1v) is 9.01. The second-order valence-corrected chi connectivity index (χ2v) is 6.81. The lowest BCUT2D eigenvalue weighted by molar-refractivity contribution is 0.0637. The third kappa shape index (κ3) is 4.63. The van der Waals surface area contributed by atoms with Crippen molar-refractivity contribution in [3.05, 3.63) is 52.3 Å². The van der Waals surface area contributed by atoms with Gasteiger partial charge in [0.1, 0.15) is 5.69 Å². The Balaban J connectivity index is 1.71. The minimum atomic E-state index is -0.0384. The molecule has 0 bridgehead atoms. The largest absolute Gasteiger partial charge is 0.355 e. The van der Waals surface area contributed by atoms with E-state index < -0.39 is 0 Å². The van der Waals surface area contributed by atoms with Gasteiger partial charge in [0.25, 0.3) is 5.91 Å². The Hall–Kier alpha value is -1.82. The molecule has 7 heteroatoms. The van der Waals surface area contributed by atoms with Crippen molar-refractivity contribution in [3.8, 4) is 0 Å². The van der Waals surface area contributed by atoms with E-state index in [1.54, 1.807) is 36.5 Å². The molecule has 5 nitrogen and oxygen atoms in total. The second kappa shape index (κ2) is 8.04. The number of carbonyl (C=O) groups excluding carboxylic acids is 1. The molecule has 1 aliphatic rings. The van der Waals surface area contributed by atoms with Crippen LogP contribution in [0, 0.1) is 0 Å². The lowest BCUT2D eigenvalue weighted by atomic mass is 10.2. The summed E-state index contributed by atoms with van der Waals surface area (Å²) < 4.78 is 0. The van der Waals surface area contributed by atoms with Gasteiger partial charge in [-0.3, -0.25) is 9.78 Å². The monoisotopic (exact) mass is 378 g/mol. The Kier molecular flexibility index (Phi) is 5.78. The molecule has 0 atom stereocenters. The van der Waals surface area contributed by atoms with Gasteiger partial charge in [0.15, 0.2) is 0 Å². The molecule has 2 aromatic rings. The molecule has 3 rings (SSSR count). The van der Waals surface area contributed by atoms with Crippen LogP contribution in [0.25, 0.3) is 0 Å². The number of likely N-dealkylation sites (N-methyl/N-ethyl adjacent to an activating group) is 1. The summed E-state index contributed by atoms with van der Waals surface area (Å²) in [5.41, 5.74) is 1.96. The zero-order chi connectivity index (χ0) is 17.8. The van der Waals surface area contributed by atoms with Crippen molar-refractivity contribution >= 4 is 40.5 Å². The number of pyridine rings is 1. The van der Waals surface area contributed by atoms with Crippen molar-refractivity contribution in [1.82, 2.24) is 14.8 Å². The van der Waals surface area contributed by atoms with Crippen LogP contribution >= 0.6 is 23.2 Å². The Morgan fingerprint density at radius 1 is 1.08 bits per heavy atom. The summed E-state index contributed by atoms with van der Waals surface area (Å²) in [7, 11) is 0. The van der Waals surface area contributed by atoms with Crippen molar-refractivity contribution in [2.75, 3.05) is 38.0 Å². The van der Waals surface area contributed by atoms with Crippen LogP contribution in [-0.4, -0.2) is 53.4 Å². The molecular formula is C18H20Cl2N4O. The van der Waals surface area contributed by atoms with Crippen LogP contribution in [-0.2, 0) is 0 Å². The summed E-state index contributed by atoms with van der Waals surface area (Å²) >= 11 is 12.0. The van der Waals surface area contributed by atoms with Gasteiger partial charge in [0, 0.05) is 53.8 Å². The van der Waals surface area contributed by atoms with E-state index in [0.29, 0.717) is 15.7 Å². The molecule has 0 unspecified atom stereocenters. The predicted octanol–water partition coefficient (Wildman–Crippen LogP) is 3.91. The SMILES string of the molecule is CCN1CCN(C(=O)c2cc(Nc3cc(Cl)cc(Cl)c3)ccn2)CC1. The number of hydrogen-bond acceptors (Lipinski definition) is 4. The number of carbonyl (C=O) groups is 1. The van der Waals surface area contributed by atoms with Crippen molar-refractivity contribution < 1.29 is 4.79 Å². The predicted molar refractivity (Wildman–Crippen MR) is 102 cm³/mol. The summed E-state index contributed by atoms with van der Waals surface area (Å²) in [4.78, 5) is 21.1. The standard InChI is InChI=1S/C18H20Cl2N4O/c1-2-23-5-7-24(8-6-23)18(25)17-12-15(3-4-21-17)22-16-10-13(19)9-14(20)11-16/h3-4,9-12H,2,5-8H2,1H3,(H,21,22). The molecule has 1 N–H and O–H groups in total. The van der Waals surface area contributed by atoms with Gasteiger partial charge >= 0.3 is 0 Å². The van der Waals surface area contributed by atoms with E-state index in [-0.39, 0.29) is 5.91 Å². The normalized spacial score (nSPS) is 15.2. The highest BCUT2D eigenvalue weighted by Gasteiger charge is 2.22. The van der Waals surface area contributed by atoms with Gasteiger partial charge < -0.3 is 15.1 Å². The molecule has 1 aromatic heterocycles. The fourth-order valence-corrected chi connectivity index (χ4v) is 3.37. The zero-order valence-corrected chi connectivity index (χ0v) is 15.5. The van der Waals surface area contributed by atoms with Gasteiger partial charge in [-0.1, -0.05) is 30.1 Å². The van der Waals surface area contributed by atoms with Gasteiger partial charge in [-0.15, -0.1) is 0 Å². The van der Waals surface area contributed by atoms with E-state index in [1.165, 1.54) is 0 Å². The number of amides is 1. The maximum atomic E-state index is 12.7. The topological polar surface area (TPSA) is 48.5 Å². The Morgan fingerprint density at radius 3 is 2.40 bits per heavy atom. The molecule has 0 saturated carbocycles. The quantitative estimate of drug-likeness (QED) is 0.875. The lowest BCUT2D eigenvalue weighted by Crippen LogP contribution is -2.48. The van der Waals surface area contributed by atoms with E-state index in [9.17, 15) is 4.79 Å². The van der Waals surface area contributed by atoms with Gasteiger partial charge in [-0.05, 0) is 36.9 Å². The number of aromatic nitrogens is 1. The summed E-state index contributed by atoms with van der Waals surface area (Å²) in [6.45, 7) is 6.42. The molecule has 25 heavy (non-hydrogen) atoms. The van der Waals surface area contributed by atoms with E-state index in [2.05, 4.69) is 22.1 Å². The van der Waals surface area contributed by atoms with Crippen LogP contribution in [0.3, 0.4) is 0 Å². The van der Waals surface area contributed by atoms with Crippen molar-refractivity contribution in [3.63, 3.8) is 0 Å². The molecule has 1 aromatic carbocycles. The summed E-state index contributed by atoms with van der Waals surface area (Å²) in [5, 5.41) is 4.31. The molecule has 1 amide bonds. The summed E-state index contributed by atoms with van der Waals surface area (Å²) in [5.74, 6) is -0.0384. The first-order chi connectivity index (χ1) is 12.0. The third-order valence-corrected chi connectivity index (χ3v) is 4.67. The summed E-state index contributed by atoms with van der Waals surface area (Å²) in [6, 6.07) is 8.79. The molecular weight excluding hydrogens is 359 g/mol. The van der Waals surface area contributed by atoms with Crippen LogP contribution in [0.5, 0.6) is 0 Å². The van der Waals surface area contributed by atoms with Gasteiger partial charge in [0.2, 0.25) is 0 Å². The number of nitrogens with zero attached hydrogens (tertiary/aromatic N) is 3. The Bertz CT molecular complexity index is 740. The number of nitrogens with one attached hydrogen (secondary N) is 1. The van der Waals surface area contributed by atoms with E-state index in [4.69, 9.17) is 23.2 Å². The molecule has 0 spiro atoms. The highest BCUT2D eigenvalue weighted by molar-refractivity contribution is 6.35. The van der Waals surface area contributed by atoms with Crippen LogP contribution in [0.4, 0.5) is 11.4 Å². The van der Waals surface area contributed by atoms with Crippen LogP contribution in [0.2, 0.25) is 10.0 Å². The maximum absolute atomic E-state index is 12.7. The molecule has 1 fully saturated rings. The van der Waals surface area contributed by atoms with E-state index in [1.807, 2.05) is 4.90 Å². The first kappa shape index (κ1) is 18.0. The molecule has 0 aliphatic carbocycles. The average Bonchev–Trinajstić information content (AvgIpc) is 2.60. The minimum absolute atomic E-state index is 0.0384. The molecule has 1 aliphatic heterocycles. The van der Waals surface area contributed by atoms with Gasteiger partial charge in [-0.2, -0.15) is 0 Å². The Labute approximate surface area is 157 Å². The lowest BCUT2D eigenvalue weighted by Gasteiger charge is -2.33. The van der Waals surface area contributed by atoms with Gasteiger partial charge in [-0.25, -0.2) is 0 Å². The fraction of sp³-hybridized carbons (Fsp3) is 0.333. The number of hydrogen-bond donors (Lipinski definition) is 1. The molecule has 0 radical (unpaired) electrons. The first-order valence-electron chi connectivity index (χ1n) is 8.26. The van der Waals surface area contributed by atoms with Crippen LogP contribution in [0.15, 0.2) is 36.5 Å². The number of rotatable bonds is 4. The third-order valence-electron chi connectivity index (χ3n) is 4.24. The molecule has 1 saturated heterocycles. The van der Waals surface area contributed by atoms with Gasteiger partial charge in [0.05, 0.1) is 0 Å². The van der Waals surface area contributed by atoms with E-state index >= 15 is 0 Å². The second-order valence-electron chi connectivity index (χ2n) is 5.94. The maximum Gasteiger partial charge on any atom is 0.272 e. The number of anilines is 2. The highest BCUT2D eigenvalue weighted by atomic mass is 35.5. The van der Waals surface area contributed by atoms with Crippen molar-refractivity contribution in [2.45, 2.75) is 6.92 Å². The van der Waals surface area contributed by atoms with E-state index in [0.717, 1.165) is 44.1 Å². The van der Waals surface area contributed by atoms with Crippen molar-refractivity contribution in [2.24, 2.45) is 0 Å². The average molecular weight is 379 g/mol. The van der Waals surface area contributed by atoms with Crippen LogP contribution < -0.4 is 5.32 Å². The smallest absolute Gasteiger partial charge is 0.272 e. The highest BCUT2D eigenvalue weighted by Crippen LogP contribution is 2.25. The fourth-order valence-electron chi connectivity index (χ4n) is 2.85. The molecule has 132 valence electrons. The van der Waals surface area contributed by atoms with Crippen molar-refractivity contribution in [1.29, 1.82) is 0 Å². The summed E-state index contributed by atoms with van der Waals surface area (Å²) in [6.07, 6.45) is 1.63. The Morgan fingerprint density at radius 2 is 1.76 bits per heavy atom. The number of benzene rings is 1. The molecule has 2 heterocycles. The van der Waals surface area contributed by atoms with Crippen LogP contribution in [0.1, 0.15) is 17.4 Å². The number of piperazine rings is 1. The zero-order valence-electron chi connectivity index (χ0n) is 14.0. The minimum Gasteiger partial charge on any atom is -0.355 e. The number of halogens is 2.